The first kappa shape index (κ1) is 6.01. The minimum Gasteiger partial charge on any atom is -0.394 e. The van der Waals surface area contributed by atoms with E-state index in [0.717, 1.165) is 0 Å². The third-order valence-corrected chi connectivity index (χ3v) is 1.48. The molecule has 1 heterocycles. The molecule has 0 amide bonds. The lowest BCUT2D eigenvalue weighted by Crippen LogP contribution is -2.29. The van der Waals surface area contributed by atoms with E-state index in [4.69, 9.17) is 14.9 Å². The lowest BCUT2D eigenvalue weighted by molar-refractivity contribution is 0.0338. The van der Waals surface area contributed by atoms with Gasteiger partial charge in [0.15, 0.2) is 0 Å². The van der Waals surface area contributed by atoms with Gasteiger partial charge in [0.1, 0.15) is 11.7 Å². The van der Waals surface area contributed by atoms with Gasteiger partial charge in [0.25, 0.3) is 0 Å². The Morgan fingerprint density at radius 3 is 2.50 bits per heavy atom. The monoisotopic (exact) mass is 118 g/mol. The second-order valence-electron chi connectivity index (χ2n) is 2.30. The maximum Gasteiger partial charge on any atom is 0.117 e. The first-order valence-electron chi connectivity index (χ1n) is 2.62. The van der Waals surface area contributed by atoms with Crippen LogP contribution in [-0.4, -0.2) is 35.1 Å². The van der Waals surface area contributed by atoms with Gasteiger partial charge in [-0.05, 0) is 6.92 Å². The Hall–Kier alpha value is -0.120. The van der Waals surface area contributed by atoms with Crippen molar-refractivity contribution in [3.63, 3.8) is 0 Å². The van der Waals surface area contributed by atoms with Gasteiger partial charge in [-0.25, -0.2) is 0 Å². The molecular formula is C5H10O3. The lowest BCUT2D eigenvalue weighted by atomic mass is 10.1. The predicted molar refractivity (Wildman–Crippen MR) is 27.4 cm³/mol. The van der Waals surface area contributed by atoms with E-state index in [1.54, 1.807) is 6.92 Å². The summed E-state index contributed by atoms with van der Waals surface area (Å²) in [5.74, 6) is 0. The fraction of sp³-hybridized carbons (Fsp3) is 1.00. The van der Waals surface area contributed by atoms with Crippen LogP contribution >= 0.6 is 0 Å². The Kier molecular flexibility index (Phi) is 1.27. The summed E-state index contributed by atoms with van der Waals surface area (Å²) in [5, 5.41) is 17.3. The minimum absolute atomic E-state index is 0.212. The van der Waals surface area contributed by atoms with E-state index in [0.29, 0.717) is 6.61 Å². The molecule has 3 nitrogen and oxygen atoms in total. The van der Waals surface area contributed by atoms with Gasteiger partial charge in [-0.2, -0.15) is 0 Å². The standard InChI is InChI=1S/C5H10O3/c1-5(3-8-5)4(7)2-6/h4,6-7H,2-3H2,1H3/t4-,5+/m1/s1. The Labute approximate surface area is 47.9 Å². The van der Waals surface area contributed by atoms with E-state index in [9.17, 15) is 0 Å². The third kappa shape index (κ3) is 0.844. The van der Waals surface area contributed by atoms with E-state index in [-0.39, 0.29) is 6.61 Å². The van der Waals surface area contributed by atoms with Crippen LogP contribution in [0.25, 0.3) is 0 Å². The molecule has 1 aliphatic rings. The Balaban J connectivity index is 2.34. The average molecular weight is 118 g/mol. The van der Waals surface area contributed by atoms with Crippen LogP contribution in [0.2, 0.25) is 0 Å². The van der Waals surface area contributed by atoms with Crippen molar-refractivity contribution in [2.75, 3.05) is 13.2 Å². The topological polar surface area (TPSA) is 53.0 Å². The van der Waals surface area contributed by atoms with Crippen molar-refractivity contribution >= 4 is 0 Å². The second kappa shape index (κ2) is 1.69. The number of hydrogen-bond donors (Lipinski definition) is 2. The molecule has 0 aromatic rings. The summed E-state index contributed by atoms with van der Waals surface area (Å²) < 4.78 is 4.84. The van der Waals surface area contributed by atoms with Crippen LogP contribution in [0, 0.1) is 0 Å². The summed E-state index contributed by atoms with van der Waals surface area (Å²) in [4.78, 5) is 0. The number of ether oxygens (including phenoxy) is 1. The zero-order valence-corrected chi connectivity index (χ0v) is 4.79. The van der Waals surface area contributed by atoms with Gasteiger partial charge in [0.2, 0.25) is 0 Å². The highest BCUT2D eigenvalue weighted by Crippen LogP contribution is 2.29. The fourth-order valence-corrected chi connectivity index (χ4v) is 0.499. The second-order valence-corrected chi connectivity index (χ2v) is 2.30. The van der Waals surface area contributed by atoms with Gasteiger partial charge < -0.3 is 14.9 Å². The molecular weight excluding hydrogens is 108 g/mol. The highest BCUT2D eigenvalue weighted by molar-refractivity contribution is 4.93. The van der Waals surface area contributed by atoms with Crippen molar-refractivity contribution in [1.29, 1.82) is 0 Å². The summed E-state index contributed by atoms with van der Waals surface area (Å²) >= 11 is 0. The molecule has 1 rings (SSSR count). The van der Waals surface area contributed by atoms with Crippen LogP contribution < -0.4 is 0 Å². The van der Waals surface area contributed by atoms with Gasteiger partial charge in [-0.3, -0.25) is 0 Å². The summed E-state index contributed by atoms with van der Waals surface area (Å²) in [6.45, 7) is 2.12. The number of rotatable bonds is 2. The molecule has 1 saturated heterocycles. The molecule has 0 saturated carbocycles. The van der Waals surface area contributed by atoms with Crippen LogP contribution in [0.5, 0.6) is 0 Å². The number of hydrogen-bond acceptors (Lipinski definition) is 3. The molecule has 3 heteroatoms. The van der Waals surface area contributed by atoms with Gasteiger partial charge >= 0.3 is 0 Å². The van der Waals surface area contributed by atoms with Crippen LogP contribution in [-0.2, 0) is 4.74 Å². The Morgan fingerprint density at radius 1 is 1.88 bits per heavy atom. The Morgan fingerprint density at radius 2 is 2.38 bits per heavy atom. The van der Waals surface area contributed by atoms with Gasteiger partial charge in [-0.1, -0.05) is 0 Å². The highest BCUT2D eigenvalue weighted by Gasteiger charge is 2.45. The zero-order chi connectivity index (χ0) is 6.20. The van der Waals surface area contributed by atoms with Gasteiger partial charge in [0.05, 0.1) is 13.2 Å². The van der Waals surface area contributed by atoms with Gasteiger partial charge in [-0.15, -0.1) is 0 Å². The smallest absolute Gasteiger partial charge is 0.117 e. The lowest BCUT2D eigenvalue weighted by Gasteiger charge is -2.09. The number of epoxide rings is 1. The van der Waals surface area contributed by atoms with Crippen molar-refractivity contribution in [2.45, 2.75) is 18.6 Å². The number of aliphatic hydroxyl groups excluding tert-OH is 2. The van der Waals surface area contributed by atoms with Crippen molar-refractivity contribution in [3.05, 3.63) is 0 Å². The molecule has 0 spiro atoms. The molecule has 0 bridgehead atoms. The molecule has 1 fully saturated rings. The van der Waals surface area contributed by atoms with Crippen molar-refractivity contribution < 1.29 is 14.9 Å². The van der Waals surface area contributed by atoms with E-state index in [1.165, 1.54) is 0 Å². The predicted octanol–water partition coefficient (Wildman–Crippen LogP) is -0.872. The molecule has 0 aromatic heterocycles. The SMILES string of the molecule is C[C@@]1([C@H](O)CO)CO1. The normalized spacial score (nSPS) is 39.4. The average Bonchev–Trinajstić information content (AvgIpc) is 2.47. The van der Waals surface area contributed by atoms with E-state index < -0.39 is 11.7 Å². The molecule has 48 valence electrons. The van der Waals surface area contributed by atoms with Crippen LogP contribution in [0.1, 0.15) is 6.92 Å². The largest absolute Gasteiger partial charge is 0.394 e. The van der Waals surface area contributed by atoms with Crippen LogP contribution in [0.15, 0.2) is 0 Å². The maximum atomic E-state index is 8.88. The highest BCUT2D eigenvalue weighted by atomic mass is 16.6. The summed E-state index contributed by atoms with van der Waals surface area (Å²) in [7, 11) is 0. The van der Waals surface area contributed by atoms with E-state index >= 15 is 0 Å². The quantitative estimate of drug-likeness (QED) is 0.463. The van der Waals surface area contributed by atoms with Crippen LogP contribution in [0.4, 0.5) is 0 Å². The Bertz CT molecular complexity index is 87.7. The zero-order valence-electron chi connectivity index (χ0n) is 4.79. The molecule has 0 unspecified atom stereocenters. The maximum absolute atomic E-state index is 8.88. The molecule has 8 heavy (non-hydrogen) atoms. The van der Waals surface area contributed by atoms with E-state index in [2.05, 4.69) is 0 Å². The molecule has 2 atom stereocenters. The van der Waals surface area contributed by atoms with Crippen molar-refractivity contribution in [1.82, 2.24) is 0 Å². The van der Waals surface area contributed by atoms with Gasteiger partial charge in [0, 0.05) is 0 Å². The fourth-order valence-electron chi connectivity index (χ4n) is 0.499. The molecule has 2 N–H and O–H groups in total. The summed E-state index contributed by atoms with van der Waals surface area (Å²) in [5.41, 5.74) is -0.436. The molecule has 0 aromatic carbocycles. The third-order valence-electron chi connectivity index (χ3n) is 1.48. The summed E-state index contributed by atoms with van der Waals surface area (Å²) in [6, 6.07) is 0. The first-order valence-corrected chi connectivity index (χ1v) is 2.62. The van der Waals surface area contributed by atoms with Crippen molar-refractivity contribution in [2.24, 2.45) is 0 Å². The molecule has 0 aliphatic carbocycles. The summed E-state index contributed by atoms with van der Waals surface area (Å²) in [6.07, 6.45) is -0.706. The molecule has 0 radical (unpaired) electrons. The van der Waals surface area contributed by atoms with Crippen molar-refractivity contribution in [3.8, 4) is 0 Å². The number of aliphatic hydroxyl groups is 2. The first-order chi connectivity index (χ1) is 3.69. The van der Waals surface area contributed by atoms with E-state index in [1.807, 2.05) is 0 Å². The minimum atomic E-state index is -0.706. The molecule has 1 aliphatic heterocycles. The van der Waals surface area contributed by atoms with Crippen LogP contribution in [0.3, 0.4) is 0 Å².